The van der Waals surface area contributed by atoms with Crippen LogP contribution in [0.4, 0.5) is 0 Å². The van der Waals surface area contributed by atoms with E-state index < -0.39 is 0 Å². The molecule has 0 saturated carbocycles. The third-order valence-electron chi connectivity index (χ3n) is 2.16. The minimum absolute atomic E-state index is 0.204. The van der Waals surface area contributed by atoms with Crippen molar-refractivity contribution in [2.24, 2.45) is 0 Å². The zero-order valence-electron chi connectivity index (χ0n) is 9.69. The lowest BCUT2D eigenvalue weighted by Gasteiger charge is -2.06. The van der Waals surface area contributed by atoms with Crippen LogP contribution in [0.5, 0.6) is 0 Å². The van der Waals surface area contributed by atoms with Crippen molar-refractivity contribution in [1.82, 2.24) is 0 Å². The number of ether oxygens (including phenoxy) is 2. The molecule has 0 N–H and O–H groups in total. The smallest absolute Gasteiger partial charge is 0.128 e. The maximum Gasteiger partial charge on any atom is 0.128 e. The first-order valence-corrected chi connectivity index (χ1v) is 6.10. The van der Waals surface area contributed by atoms with Gasteiger partial charge in [0.15, 0.2) is 0 Å². The van der Waals surface area contributed by atoms with Crippen LogP contribution in [0.3, 0.4) is 0 Å². The van der Waals surface area contributed by atoms with Crippen molar-refractivity contribution in [1.29, 1.82) is 0 Å². The normalized spacial score (nSPS) is 12.6. The summed E-state index contributed by atoms with van der Waals surface area (Å²) < 4.78 is 10.7. The molecule has 0 heterocycles. The SMILES string of the molecule is CC(Cl)OCCCOCCc1ccccc1. The van der Waals surface area contributed by atoms with Gasteiger partial charge < -0.3 is 9.47 Å². The quantitative estimate of drug-likeness (QED) is 0.515. The van der Waals surface area contributed by atoms with Crippen molar-refractivity contribution in [3.05, 3.63) is 35.9 Å². The average molecular weight is 243 g/mol. The molecule has 0 fully saturated rings. The van der Waals surface area contributed by atoms with Gasteiger partial charge in [0.25, 0.3) is 0 Å². The second-order valence-electron chi connectivity index (χ2n) is 3.62. The van der Waals surface area contributed by atoms with Gasteiger partial charge in [-0.1, -0.05) is 41.9 Å². The first-order chi connectivity index (χ1) is 7.79. The van der Waals surface area contributed by atoms with Crippen LogP contribution in [0, 0.1) is 0 Å². The Bertz CT molecular complexity index is 262. The highest BCUT2D eigenvalue weighted by molar-refractivity contribution is 6.19. The zero-order valence-corrected chi connectivity index (χ0v) is 10.5. The summed E-state index contributed by atoms with van der Waals surface area (Å²) >= 11 is 5.63. The molecule has 0 radical (unpaired) electrons. The summed E-state index contributed by atoms with van der Waals surface area (Å²) in [6, 6.07) is 10.3. The Morgan fingerprint density at radius 2 is 1.88 bits per heavy atom. The first-order valence-electron chi connectivity index (χ1n) is 5.66. The second kappa shape index (κ2) is 8.57. The van der Waals surface area contributed by atoms with Gasteiger partial charge in [-0.15, -0.1) is 0 Å². The maximum absolute atomic E-state index is 5.63. The van der Waals surface area contributed by atoms with E-state index in [-0.39, 0.29) is 5.56 Å². The van der Waals surface area contributed by atoms with Gasteiger partial charge in [0.1, 0.15) is 5.56 Å². The van der Waals surface area contributed by atoms with Gasteiger partial charge >= 0.3 is 0 Å². The van der Waals surface area contributed by atoms with Gasteiger partial charge in [-0.05, 0) is 25.3 Å². The number of hydrogen-bond acceptors (Lipinski definition) is 2. The molecule has 0 aromatic heterocycles. The Morgan fingerprint density at radius 3 is 2.56 bits per heavy atom. The molecule has 3 heteroatoms. The van der Waals surface area contributed by atoms with E-state index in [4.69, 9.17) is 21.1 Å². The summed E-state index contributed by atoms with van der Waals surface area (Å²) in [6.07, 6.45) is 1.86. The highest BCUT2D eigenvalue weighted by atomic mass is 35.5. The van der Waals surface area contributed by atoms with Crippen molar-refractivity contribution in [3.8, 4) is 0 Å². The van der Waals surface area contributed by atoms with E-state index in [0.717, 1.165) is 26.1 Å². The summed E-state index contributed by atoms with van der Waals surface area (Å²) in [5.74, 6) is 0. The summed E-state index contributed by atoms with van der Waals surface area (Å²) in [6.45, 7) is 3.98. The highest BCUT2D eigenvalue weighted by Crippen LogP contribution is 2.00. The molecule has 0 amide bonds. The van der Waals surface area contributed by atoms with Crippen LogP contribution in [-0.4, -0.2) is 25.4 Å². The second-order valence-corrected chi connectivity index (χ2v) is 4.23. The Balaban J connectivity index is 1.93. The van der Waals surface area contributed by atoms with Gasteiger partial charge in [0, 0.05) is 6.61 Å². The van der Waals surface area contributed by atoms with Gasteiger partial charge in [-0.25, -0.2) is 0 Å². The number of rotatable bonds is 8. The number of alkyl halides is 1. The Hall–Kier alpha value is -0.570. The number of halogens is 1. The molecule has 1 aromatic rings. The third kappa shape index (κ3) is 6.83. The fraction of sp³-hybridized carbons (Fsp3) is 0.538. The fourth-order valence-corrected chi connectivity index (χ4v) is 1.43. The van der Waals surface area contributed by atoms with Crippen LogP contribution in [0.1, 0.15) is 18.9 Å². The topological polar surface area (TPSA) is 18.5 Å². The maximum atomic E-state index is 5.63. The van der Waals surface area contributed by atoms with Crippen LogP contribution in [-0.2, 0) is 15.9 Å². The average Bonchev–Trinajstić information content (AvgIpc) is 2.29. The fourth-order valence-electron chi connectivity index (χ4n) is 1.34. The van der Waals surface area contributed by atoms with E-state index in [9.17, 15) is 0 Å². The van der Waals surface area contributed by atoms with Gasteiger partial charge in [0.05, 0.1) is 13.2 Å². The number of benzene rings is 1. The third-order valence-corrected chi connectivity index (χ3v) is 2.28. The van der Waals surface area contributed by atoms with E-state index in [2.05, 4.69) is 12.1 Å². The zero-order chi connectivity index (χ0) is 11.6. The van der Waals surface area contributed by atoms with E-state index in [0.29, 0.717) is 6.61 Å². The van der Waals surface area contributed by atoms with Gasteiger partial charge in [-0.2, -0.15) is 0 Å². The molecule has 0 aliphatic rings. The van der Waals surface area contributed by atoms with E-state index in [1.54, 1.807) is 0 Å². The van der Waals surface area contributed by atoms with Crippen molar-refractivity contribution < 1.29 is 9.47 Å². The summed E-state index contributed by atoms with van der Waals surface area (Å²) in [7, 11) is 0. The minimum atomic E-state index is -0.204. The predicted octanol–water partition coefficient (Wildman–Crippen LogP) is 3.24. The minimum Gasteiger partial charge on any atom is -0.381 e. The molecular formula is C13H19ClO2. The molecule has 0 aliphatic heterocycles. The molecule has 0 bridgehead atoms. The van der Waals surface area contributed by atoms with Crippen LogP contribution in [0.2, 0.25) is 0 Å². The summed E-state index contributed by atoms with van der Waals surface area (Å²) in [4.78, 5) is 0. The van der Waals surface area contributed by atoms with E-state index >= 15 is 0 Å². The molecule has 1 aromatic carbocycles. The lowest BCUT2D eigenvalue weighted by atomic mass is 10.2. The van der Waals surface area contributed by atoms with Crippen LogP contribution in [0.25, 0.3) is 0 Å². The Kier molecular flexibility index (Phi) is 7.23. The summed E-state index contributed by atoms with van der Waals surface area (Å²) in [5, 5.41) is 0. The lowest BCUT2D eigenvalue weighted by molar-refractivity contribution is 0.0762. The predicted molar refractivity (Wildman–Crippen MR) is 66.8 cm³/mol. The highest BCUT2D eigenvalue weighted by Gasteiger charge is 1.95. The molecule has 90 valence electrons. The Labute approximate surface area is 103 Å². The molecule has 1 unspecified atom stereocenters. The van der Waals surface area contributed by atoms with Crippen molar-refractivity contribution in [3.63, 3.8) is 0 Å². The largest absolute Gasteiger partial charge is 0.381 e. The van der Waals surface area contributed by atoms with Gasteiger partial charge in [0.2, 0.25) is 0 Å². The van der Waals surface area contributed by atoms with Crippen LogP contribution in [0.15, 0.2) is 30.3 Å². The number of hydrogen-bond donors (Lipinski definition) is 0. The van der Waals surface area contributed by atoms with Crippen molar-refractivity contribution in [2.75, 3.05) is 19.8 Å². The standard InChI is InChI=1S/C13H19ClO2/c1-12(14)16-10-5-9-15-11-8-13-6-3-2-4-7-13/h2-4,6-7,12H,5,8-11H2,1H3. The van der Waals surface area contributed by atoms with E-state index in [1.165, 1.54) is 5.56 Å². The molecule has 1 rings (SSSR count). The Morgan fingerprint density at radius 1 is 1.12 bits per heavy atom. The van der Waals surface area contributed by atoms with Crippen LogP contribution < -0.4 is 0 Å². The van der Waals surface area contributed by atoms with Crippen LogP contribution >= 0.6 is 11.6 Å². The molecule has 16 heavy (non-hydrogen) atoms. The van der Waals surface area contributed by atoms with E-state index in [1.807, 2.05) is 25.1 Å². The molecule has 0 spiro atoms. The molecule has 0 aliphatic carbocycles. The molecule has 2 nitrogen and oxygen atoms in total. The lowest BCUT2D eigenvalue weighted by Crippen LogP contribution is -2.06. The monoisotopic (exact) mass is 242 g/mol. The summed E-state index contributed by atoms with van der Waals surface area (Å²) in [5.41, 5.74) is 1.11. The van der Waals surface area contributed by atoms with Crippen molar-refractivity contribution in [2.45, 2.75) is 25.3 Å². The molecule has 0 saturated heterocycles. The first kappa shape index (κ1) is 13.5. The molecule has 1 atom stereocenters. The van der Waals surface area contributed by atoms with Gasteiger partial charge in [-0.3, -0.25) is 0 Å². The molecular weight excluding hydrogens is 224 g/mol. The van der Waals surface area contributed by atoms with Crippen molar-refractivity contribution >= 4 is 11.6 Å².